The second kappa shape index (κ2) is 7.58. The number of aliphatic imine (C=N–C) groups is 1. The van der Waals surface area contributed by atoms with Crippen LogP contribution in [0.25, 0.3) is 0 Å². The van der Waals surface area contributed by atoms with Gasteiger partial charge in [0.25, 0.3) is 5.91 Å². The topological polar surface area (TPSA) is 77.0 Å². The maximum atomic E-state index is 12.7. The van der Waals surface area contributed by atoms with Gasteiger partial charge in [-0.15, -0.1) is 0 Å². The number of imide groups is 1. The maximum Gasteiger partial charge on any atom is 0.325 e. The SMILES string of the molecule is Cc1ccc(CN=C2NC3C(C(=O)NC(=O)N3C)N2Cc2ccccc2C)cc1. The summed E-state index contributed by atoms with van der Waals surface area (Å²) >= 11 is 0. The van der Waals surface area contributed by atoms with Gasteiger partial charge in [-0.25, -0.2) is 9.79 Å². The summed E-state index contributed by atoms with van der Waals surface area (Å²) in [6.45, 7) is 5.12. The third kappa shape index (κ3) is 3.68. The van der Waals surface area contributed by atoms with E-state index in [2.05, 4.69) is 54.0 Å². The molecule has 0 aliphatic carbocycles. The maximum absolute atomic E-state index is 12.7. The molecule has 2 aliphatic heterocycles. The van der Waals surface area contributed by atoms with E-state index in [4.69, 9.17) is 4.99 Å². The third-order valence-electron chi connectivity index (χ3n) is 5.55. The van der Waals surface area contributed by atoms with Crippen molar-refractivity contribution in [2.75, 3.05) is 7.05 Å². The molecule has 2 aromatic carbocycles. The monoisotopic (exact) mass is 391 g/mol. The second-order valence-corrected chi connectivity index (χ2v) is 7.62. The van der Waals surface area contributed by atoms with Gasteiger partial charge >= 0.3 is 6.03 Å². The molecule has 0 radical (unpaired) electrons. The first-order valence-corrected chi connectivity index (χ1v) is 9.69. The summed E-state index contributed by atoms with van der Waals surface area (Å²) in [6.07, 6.45) is -0.447. The highest BCUT2D eigenvalue weighted by Crippen LogP contribution is 2.24. The minimum atomic E-state index is -0.533. The number of hydrogen-bond acceptors (Lipinski definition) is 3. The van der Waals surface area contributed by atoms with Crippen LogP contribution in [0.15, 0.2) is 53.5 Å². The number of benzene rings is 2. The summed E-state index contributed by atoms with van der Waals surface area (Å²) in [7, 11) is 1.68. The van der Waals surface area contributed by atoms with E-state index in [0.717, 1.165) is 16.7 Å². The van der Waals surface area contributed by atoms with E-state index in [0.29, 0.717) is 19.0 Å². The fourth-order valence-electron chi connectivity index (χ4n) is 3.72. The average Bonchev–Trinajstić information content (AvgIpc) is 3.06. The Kier molecular flexibility index (Phi) is 4.96. The Labute approximate surface area is 170 Å². The minimum Gasteiger partial charge on any atom is -0.333 e. The van der Waals surface area contributed by atoms with Crippen molar-refractivity contribution in [3.05, 3.63) is 70.8 Å². The van der Waals surface area contributed by atoms with Gasteiger partial charge in [0.2, 0.25) is 0 Å². The first-order valence-electron chi connectivity index (χ1n) is 9.69. The molecule has 2 aromatic rings. The predicted octanol–water partition coefficient (Wildman–Crippen LogP) is 2.14. The Morgan fingerprint density at radius 1 is 1.03 bits per heavy atom. The zero-order valence-corrected chi connectivity index (χ0v) is 16.8. The van der Waals surface area contributed by atoms with Crippen LogP contribution >= 0.6 is 0 Å². The van der Waals surface area contributed by atoms with E-state index in [-0.39, 0.29) is 5.91 Å². The number of amides is 3. The first-order chi connectivity index (χ1) is 13.9. The number of rotatable bonds is 4. The highest BCUT2D eigenvalue weighted by molar-refractivity contribution is 6.04. The Balaban J connectivity index is 1.66. The quantitative estimate of drug-likeness (QED) is 0.837. The molecule has 2 unspecified atom stereocenters. The van der Waals surface area contributed by atoms with Crippen LogP contribution in [-0.2, 0) is 17.9 Å². The van der Waals surface area contributed by atoms with Gasteiger partial charge in [0.1, 0.15) is 6.17 Å². The summed E-state index contributed by atoms with van der Waals surface area (Å²) < 4.78 is 0. The molecule has 0 spiro atoms. The molecule has 29 heavy (non-hydrogen) atoms. The van der Waals surface area contributed by atoms with Crippen LogP contribution in [0.3, 0.4) is 0 Å². The first kappa shape index (κ1) is 19.0. The van der Waals surface area contributed by atoms with Crippen molar-refractivity contribution in [3.63, 3.8) is 0 Å². The Morgan fingerprint density at radius 2 is 1.76 bits per heavy atom. The molecule has 2 atom stereocenters. The molecule has 2 N–H and O–H groups in total. The lowest BCUT2D eigenvalue weighted by Gasteiger charge is -2.35. The van der Waals surface area contributed by atoms with Crippen molar-refractivity contribution in [2.45, 2.75) is 39.1 Å². The Bertz CT molecular complexity index is 969. The molecule has 0 saturated carbocycles. The van der Waals surface area contributed by atoms with Gasteiger partial charge < -0.3 is 15.1 Å². The van der Waals surface area contributed by atoms with Crippen molar-refractivity contribution in [1.29, 1.82) is 0 Å². The number of urea groups is 1. The fourth-order valence-corrected chi connectivity index (χ4v) is 3.72. The minimum absolute atomic E-state index is 0.306. The predicted molar refractivity (Wildman–Crippen MR) is 111 cm³/mol. The average molecular weight is 391 g/mol. The molecular formula is C22H25N5O2. The fraction of sp³-hybridized carbons (Fsp3) is 0.318. The van der Waals surface area contributed by atoms with Crippen molar-refractivity contribution in [2.24, 2.45) is 4.99 Å². The number of aryl methyl sites for hydroxylation is 2. The standard InChI is InChI=1S/C22H25N5O2/c1-14-8-10-16(11-9-14)12-23-21-24-19-18(20(28)25-22(29)26(19)3)27(21)13-17-7-5-4-6-15(17)2/h4-11,18-19H,12-13H2,1-3H3,(H,23,24)(H,25,28,29). The molecule has 0 aromatic heterocycles. The molecular weight excluding hydrogens is 366 g/mol. The second-order valence-electron chi connectivity index (χ2n) is 7.62. The van der Waals surface area contributed by atoms with Gasteiger partial charge in [-0.2, -0.15) is 0 Å². The zero-order chi connectivity index (χ0) is 20.5. The van der Waals surface area contributed by atoms with Crippen LogP contribution in [0, 0.1) is 13.8 Å². The van der Waals surface area contributed by atoms with Crippen LogP contribution in [0.1, 0.15) is 22.3 Å². The lowest BCUT2D eigenvalue weighted by molar-refractivity contribution is -0.127. The number of nitrogens with zero attached hydrogens (tertiary/aromatic N) is 3. The molecule has 3 amide bonds. The molecule has 2 aliphatic rings. The highest BCUT2D eigenvalue weighted by Gasteiger charge is 2.49. The molecule has 2 heterocycles. The van der Waals surface area contributed by atoms with Gasteiger partial charge in [-0.3, -0.25) is 10.1 Å². The van der Waals surface area contributed by atoms with E-state index in [1.165, 1.54) is 10.5 Å². The van der Waals surface area contributed by atoms with E-state index in [1.807, 2.05) is 24.0 Å². The van der Waals surface area contributed by atoms with Crippen LogP contribution in [0.4, 0.5) is 4.79 Å². The van der Waals surface area contributed by atoms with Crippen LogP contribution in [0.5, 0.6) is 0 Å². The number of likely N-dealkylation sites (N-methyl/N-ethyl adjacent to an activating group) is 1. The molecule has 7 heteroatoms. The summed E-state index contributed by atoms with van der Waals surface area (Å²) in [6, 6.07) is 15.4. The van der Waals surface area contributed by atoms with Crippen molar-refractivity contribution < 1.29 is 9.59 Å². The highest BCUT2D eigenvalue weighted by atomic mass is 16.2. The van der Waals surface area contributed by atoms with Gasteiger partial charge in [0.05, 0.1) is 6.54 Å². The molecule has 0 bridgehead atoms. The van der Waals surface area contributed by atoms with Gasteiger partial charge in [-0.05, 0) is 30.5 Å². The number of carbonyl (C=O) groups excluding carboxylic acids is 2. The Hall–Kier alpha value is -3.35. The lowest BCUT2D eigenvalue weighted by atomic mass is 10.1. The number of guanidine groups is 1. The van der Waals surface area contributed by atoms with Crippen LogP contribution in [0.2, 0.25) is 0 Å². The van der Waals surface area contributed by atoms with Crippen LogP contribution in [-0.4, -0.2) is 47.0 Å². The molecule has 2 saturated heterocycles. The van der Waals surface area contributed by atoms with E-state index < -0.39 is 18.2 Å². The zero-order valence-electron chi connectivity index (χ0n) is 16.8. The normalized spacial score (nSPS) is 22.5. The van der Waals surface area contributed by atoms with Crippen molar-refractivity contribution >= 4 is 17.9 Å². The summed E-state index contributed by atoms with van der Waals surface area (Å²) in [5, 5.41) is 5.74. The Morgan fingerprint density at radius 3 is 2.48 bits per heavy atom. The van der Waals surface area contributed by atoms with Gasteiger partial charge in [-0.1, -0.05) is 54.1 Å². The van der Waals surface area contributed by atoms with Crippen LogP contribution < -0.4 is 10.6 Å². The molecule has 150 valence electrons. The van der Waals surface area contributed by atoms with Crippen molar-refractivity contribution in [1.82, 2.24) is 20.4 Å². The number of hydrogen-bond donors (Lipinski definition) is 2. The van der Waals surface area contributed by atoms with E-state index >= 15 is 0 Å². The lowest BCUT2D eigenvalue weighted by Crippen LogP contribution is -2.64. The number of fused-ring (bicyclic) bond motifs is 1. The molecule has 2 fully saturated rings. The molecule has 7 nitrogen and oxygen atoms in total. The van der Waals surface area contributed by atoms with Gasteiger partial charge in [0, 0.05) is 13.6 Å². The smallest absolute Gasteiger partial charge is 0.325 e. The third-order valence-corrected chi connectivity index (χ3v) is 5.55. The number of nitrogens with one attached hydrogen (secondary N) is 2. The largest absolute Gasteiger partial charge is 0.333 e. The number of carbonyl (C=O) groups is 2. The molecule has 4 rings (SSSR count). The van der Waals surface area contributed by atoms with Crippen molar-refractivity contribution in [3.8, 4) is 0 Å². The van der Waals surface area contributed by atoms with Gasteiger partial charge in [0.15, 0.2) is 12.0 Å². The summed E-state index contributed by atoms with van der Waals surface area (Å²) in [5.41, 5.74) is 4.55. The summed E-state index contributed by atoms with van der Waals surface area (Å²) in [5.74, 6) is 0.320. The van der Waals surface area contributed by atoms with E-state index in [9.17, 15) is 9.59 Å². The van der Waals surface area contributed by atoms with E-state index in [1.54, 1.807) is 7.05 Å². The summed E-state index contributed by atoms with van der Waals surface area (Å²) in [4.78, 5) is 33.0.